The lowest BCUT2D eigenvalue weighted by Gasteiger charge is -2.08. The second-order valence-electron chi connectivity index (χ2n) is 6.41. The second kappa shape index (κ2) is 7.22. The van der Waals surface area contributed by atoms with Crippen LogP contribution in [0, 0.1) is 6.92 Å². The largest absolute Gasteiger partial charge is 0.272 e. The van der Waals surface area contributed by atoms with Gasteiger partial charge in [0.1, 0.15) is 0 Å². The summed E-state index contributed by atoms with van der Waals surface area (Å²) in [5.74, 6) is -0.333. The van der Waals surface area contributed by atoms with Crippen molar-refractivity contribution >= 4 is 45.3 Å². The van der Waals surface area contributed by atoms with Gasteiger partial charge >= 0.3 is 0 Å². The zero-order valence-electron chi connectivity index (χ0n) is 14.7. The molecule has 4 aromatic rings. The average molecular weight is 373 g/mol. The molecule has 0 heterocycles. The van der Waals surface area contributed by atoms with Crippen molar-refractivity contribution in [2.24, 2.45) is 5.10 Å². The maximum atomic E-state index is 12.4. The van der Waals surface area contributed by atoms with Crippen LogP contribution >= 0.6 is 11.6 Å². The van der Waals surface area contributed by atoms with E-state index in [1.807, 2.05) is 37.3 Å². The highest BCUT2D eigenvalue weighted by molar-refractivity contribution is 6.33. The van der Waals surface area contributed by atoms with Gasteiger partial charge in [0.05, 0.1) is 16.8 Å². The first-order chi connectivity index (χ1) is 13.1. The molecule has 0 saturated heterocycles. The highest BCUT2D eigenvalue weighted by atomic mass is 35.5. The van der Waals surface area contributed by atoms with Crippen LogP contribution in [-0.4, -0.2) is 12.1 Å². The van der Waals surface area contributed by atoms with E-state index >= 15 is 0 Å². The molecular weight excluding hydrogens is 356 g/mol. The highest BCUT2D eigenvalue weighted by Crippen LogP contribution is 2.27. The van der Waals surface area contributed by atoms with Crippen LogP contribution in [0.15, 0.2) is 77.9 Å². The first-order valence-electron chi connectivity index (χ1n) is 8.63. The molecule has 0 radical (unpaired) electrons. The molecule has 4 heteroatoms. The molecule has 0 aliphatic heterocycles. The van der Waals surface area contributed by atoms with Gasteiger partial charge in [0.15, 0.2) is 0 Å². The number of amides is 1. The number of hydrogen-bond donors (Lipinski definition) is 1. The number of nitrogens with zero attached hydrogens (tertiary/aromatic N) is 1. The molecule has 0 saturated carbocycles. The van der Waals surface area contributed by atoms with E-state index in [2.05, 4.69) is 40.9 Å². The smallest absolute Gasteiger partial charge is 0.267 e. The van der Waals surface area contributed by atoms with Crippen LogP contribution in [0.2, 0.25) is 5.02 Å². The Kier molecular flexibility index (Phi) is 4.61. The molecule has 0 unspecified atom stereocenters. The van der Waals surface area contributed by atoms with Gasteiger partial charge in [-0.25, -0.2) is 5.43 Å². The molecule has 4 aromatic carbocycles. The standard InChI is InChI=1S/C23H17ClN2O/c1-15-10-11-20(22(24)12-15)23(27)26-25-14-21-18-8-4-2-6-16(18)13-17-7-3-5-9-19(17)21/h2-14H,1H3,(H,26,27). The molecule has 132 valence electrons. The Morgan fingerprint density at radius 3 is 2.19 bits per heavy atom. The van der Waals surface area contributed by atoms with Crippen molar-refractivity contribution in [2.45, 2.75) is 6.92 Å². The van der Waals surface area contributed by atoms with Gasteiger partial charge in [0.25, 0.3) is 5.91 Å². The van der Waals surface area contributed by atoms with E-state index in [0.717, 1.165) is 32.7 Å². The molecule has 0 aromatic heterocycles. The minimum Gasteiger partial charge on any atom is -0.267 e. The molecule has 1 N–H and O–H groups in total. The zero-order valence-corrected chi connectivity index (χ0v) is 15.5. The molecule has 0 spiro atoms. The van der Waals surface area contributed by atoms with Crippen molar-refractivity contribution in [3.8, 4) is 0 Å². The van der Waals surface area contributed by atoms with Crippen molar-refractivity contribution < 1.29 is 4.79 Å². The van der Waals surface area contributed by atoms with E-state index in [-0.39, 0.29) is 5.91 Å². The number of aryl methyl sites for hydroxylation is 1. The van der Waals surface area contributed by atoms with Gasteiger partial charge in [0, 0.05) is 5.56 Å². The van der Waals surface area contributed by atoms with Crippen LogP contribution in [0.1, 0.15) is 21.5 Å². The molecule has 0 fully saturated rings. The Morgan fingerprint density at radius 2 is 1.56 bits per heavy atom. The molecule has 0 bridgehead atoms. The second-order valence-corrected chi connectivity index (χ2v) is 6.82. The van der Waals surface area contributed by atoms with Crippen molar-refractivity contribution in [2.75, 3.05) is 0 Å². The van der Waals surface area contributed by atoms with Gasteiger partial charge in [-0.15, -0.1) is 0 Å². The Morgan fingerprint density at radius 1 is 0.926 bits per heavy atom. The number of benzene rings is 4. The Hall–Kier alpha value is -3.17. The number of fused-ring (bicyclic) bond motifs is 2. The fourth-order valence-corrected chi connectivity index (χ4v) is 3.53. The van der Waals surface area contributed by atoms with Crippen LogP contribution in [0.3, 0.4) is 0 Å². The monoisotopic (exact) mass is 372 g/mol. The van der Waals surface area contributed by atoms with Crippen molar-refractivity contribution in [3.05, 3.63) is 94.5 Å². The molecule has 0 aliphatic rings. The molecule has 4 rings (SSSR count). The summed E-state index contributed by atoms with van der Waals surface area (Å²) in [7, 11) is 0. The van der Waals surface area contributed by atoms with Gasteiger partial charge in [0.2, 0.25) is 0 Å². The van der Waals surface area contributed by atoms with E-state index in [1.54, 1.807) is 18.3 Å². The Balaban J connectivity index is 1.70. The molecule has 3 nitrogen and oxygen atoms in total. The lowest BCUT2D eigenvalue weighted by Crippen LogP contribution is -2.18. The molecule has 0 aliphatic carbocycles. The van der Waals surface area contributed by atoms with E-state index in [9.17, 15) is 4.79 Å². The number of carbonyl (C=O) groups is 1. The Labute approximate surface area is 162 Å². The van der Waals surface area contributed by atoms with Crippen LogP contribution in [0.5, 0.6) is 0 Å². The quantitative estimate of drug-likeness (QED) is 0.279. The normalized spacial score (nSPS) is 11.3. The van der Waals surface area contributed by atoms with E-state index in [4.69, 9.17) is 11.6 Å². The van der Waals surface area contributed by atoms with E-state index < -0.39 is 0 Å². The predicted octanol–water partition coefficient (Wildman–Crippen LogP) is 5.72. The summed E-state index contributed by atoms with van der Waals surface area (Å²) in [5, 5.41) is 9.05. The minimum absolute atomic E-state index is 0.333. The topological polar surface area (TPSA) is 41.5 Å². The zero-order chi connectivity index (χ0) is 18.8. The third-order valence-corrected chi connectivity index (χ3v) is 4.85. The van der Waals surface area contributed by atoms with Crippen LogP contribution in [0.4, 0.5) is 0 Å². The summed E-state index contributed by atoms with van der Waals surface area (Å²) in [6.45, 7) is 1.93. The number of rotatable bonds is 3. The Bertz CT molecular complexity index is 1140. The average Bonchev–Trinajstić information content (AvgIpc) is 2.67. The maximum absolute atomic E-state index is 12.4. The third kappa shape index (κ3) is 3.42. The van der Waals surface area contributed by atoms with Crippen LogP contribution < -0.4 is 5.43 Å². The fourth-order valence-electron chi connectivity index (χ4n) is 3.21. The first kappa shape index (κ1) is 17.3. The van der Waals surface area contributed by atoms with Crippen molar-refractivity contribution in [1.29, 1.82) is 0 Å². The van der Waals surface area contributed by atoms with Gasteiger partial charge in [-0.3, -0.25) is 4.79 Å². The van der Waals surface area contributed by atoms with Crippen LogP contribution in [0.25, 0.3) is 21.5 Å². The number of carbonyl (C=O) groups excluding carboxylic acids is 1. The van der Waals surface area contributed by atoms with Gasteiger partial charge in [-0.2, -0.15) is 5.10 Å². The fraction of sp³-hybridized carbons (Fsp3) is 0.0435. The molecule has 27 heavy (non-hydrogen) atoms. The van der Waals surface area contributed by atoms with Gasteiger partial charge in [-0.1, -0.05) is 66.2 Å². The SMILES string of the molecule is Cc1ccc(C(=O)NN=Cc2c3ccccc3cc3ccccc23)c(Cl)c1. The summed E-state index contributed by atoms with van der Waals surface area (Å²) in [4.78, 5) is 12.4. The molecule has 0 atom stereocenters. The van der Waals surface area contributed by atoms with Crippen molar-refractivity contribution in [3.63, 3.8) is 0 Å². The lowest BCUT2D eigenvalue weighted by molar-refractivity contribution is 0.0955. The number of hydrogen-bond acceptors (Lipinski definition) is 2. The highest BCUT2D eigenvalue weighted by Gasteiger charge is 2.10. The van der Waals surface area contributed by atoms with Crippen molar-refractivity contribution in [1.82, 2.24) is 5.43 Å². The molecular formula is C23H17ClN2O. The van der Waals surface area contributed by atoms with Crippen LogP contribution in [-0.2, 0) is 0 Å². The van der Waals surface area contributed by atoms with Gasteiger partial charge < -0.3 is 0 Å². The summed E-state index contributed by atoms with van der Waals surface area (Å²) in [6, 6.07) is 23.8. The number of halogens is 1. The summed E-state index contributed by atoms with van der Waals surface area (Å²) >= 11 is 6.16. The summed E-state index contributed by atoms with van der Waals surface area (Å²) in [5.41, 5.74) is 4.96. The maximum Gasteiger partial charge on any atom is 0.272 e. The predicted molar refractivity (Wildman–Crippen MR) is 113 cm³/mol. The minimum atomic E-state index is -0.333. The number of hydrazone groups is 1. The lowest BCUT2D eigenvalue weighted by atomic mass is 9.97. The van der Waals surface area contributed by atoms with E-state index in [1.165, 1.54) is 0 Å². The van der Waals surface area contributed by atoms with Gasteiger partial charge in [-0.05, 0) is 52.2 Å². The summed E-state index contributed by atoms with van der Waals surface area (Å²) < 4.78 is 0. The summed E-state index contributed by atoms with van der Waals surface area (Å²) in [6.07, 6.45) is 1.70. The first-order valence-corrected chi connectivity index (χ1v) is 9.01. The number of nitrogens with one attached hydrogen (secondary N) is 1. The third-order valence-electron chi connectivity index (χ3n) is 4.54. The van der Waals surface area contributed by atoms with E-state index in [0.29, 0.717) is 10.6 Å². The molecule has 1 amide bonds.